The number of hydrogen-bond acceptors (Lipinski definition) is 5. The van der Waals surface area contributed by atoms with Crippen molar-refractivity contribution in [3.8, 4) is 0 Å². The van der Waals surface area contributed by atoms with Crippen LogP contribution in [-0.2, 0) is 14.3 Å². The van der Waals surface area contributed by atoms with E-state index in [0.717, 1.165) is 44.9 Å². The summed E-state index contributed by atoms with van der Waals surface area (Å²) in [5.74, 6) is -1.77. The number of carboxylic acid groups (broad SMARTS) is 1. The lowest BCUT2D eigenvalue weighted by Crippen LogP contribution is -2.50. The number of primary amides is 1. The van der Waals surface area contributed by atoms with Crippen LogP contribution in [0.2, 0.25) is 0 Å². The Morgan fingerprint density at radius 3 is 2.25 bits per heavy atom. The molecule has 40 heavy (non-hydrogen) atoms. The molecule has 0 spiro atoms. The molecule has 1 unspecified atom stereocenters. The van der Waals surface area contributed by atoms with Crippen molar-refractivity contribution in [2.45, 2.75) is 96.1 Å². The summed E-state index contributed by atoms with van der Waals surface area (Å²) in [6, 6.07) is 6.23. The van der Waals surface area contributed by atoms with Gasteiger partial charge in [0.2, 0.25) is 11.8 Å². The minimum Gasteiger partial charge on any atom is -0.478 e. The van der Waals surface area contributed by atoms with Crippen LogP contribution in [0.1, 0.15) is 100 Å². The first kappa shape index (κ1) is 29.9. The number of carbonyl (C=O) groups is 4. The number of amides is 3. The maximum Gasteiger partial charge on any atom is 0.407 e. The number of nitrogens with zero attached hydrogens (tertiary/aromatic N) is 1. The molecule has 220 valence electrons. The molecule has 9 nitrogen and oxygen atoms in total. The van der Waals surface area contributed by atoms with E-state index in [1.807, 2.05) is 32.9 Å². The lowest BCUT2D eigenvalue weighted by atomic mass is 9.70. The van der Waals surface area contributed by atoms with E-state index < -0.39 is 29.6 Å². The summed E-state index contributed by atoms with van der Waals surface area (Å²) in [5.41, 5.74) is 6.38. The summed E-state index contributed by atoms with van der Waals surface area (Å²) >= 11 is 0. The topological polar surface area (TPSA) is 139 Å². The molecule has 0 aromatic heterocycles. The Hall–Kier alpha value is -3.10. The molecule has 1 heterocycles. The Kier molecular flexibility index (Phi) is 9.41. The number of aromatic carboxylic acids is 1. The third kappa shape index (κ3) is 6.96. The third-order valence-corrected chi connectivity index (χ3v) is 9.05. The van der Waals surface area contributed by atoms with Crippen LogP contribution < -0.4 is 11.1 Å². The number of rotatable bonds is 7. The summed E-state index contributed by atoms with van der Waals surface area (Å²) < 4.78 is 5.33. The van der Waals surface area contributed by atoms with E-state index in [-0.39, 0.29) is 41.1 Å². The van der Waals surface area contributed by atoms with Gasteiger partial charge in [-0.1, -0.05) is 50.3 Å². The normalized spacial score (nSPS) is 27.7. The van der Waals surface area contributed by atoms with Crippen LogP contribution >= 0.6 is 0 Å². The van der Waals surface area contributed by atoms with Crippen LogP contribution in [0, 0.1) is 23.7 Å². The fraction of sp³-hybridized carbons (Fsp3) is 0.677. The molecule has 1 aromatic carbocycles. The standard InChI is InChI=1S/C31H45N3O6/c1-31(2,3)40-30(39)33-17-19-13-15-21(16-14-19)28(36)34-18-24(22-11-7-8-12-23(22)29(37)38)25(26(34)27(32)35)20-9-5-4-6-10-20/h7-8,11-12,19-21,24-26H,4-6,9-10,13-18H2,1-3H3,(H2,32,35)(H,33,39)(H,37,38)/t19?,21?,24?,25-,26+/m1/s1. The molecule has 3 aliphatic rings. The second-order valence-electron chi connectivity index (χ2n) is 12.9. The summed E-state index contributed by atoms with van der Waals surface area (Å²) in [5, 5.41) is 12.8. The van der Waals surface area contributed by atoms with Crippen molar-refractivity contribution in [1.29, 1.82) is 0 Å². The number of nitrogens with two attached hydrogens (primary N) is 1. The van der Waals surface area contributed by atoms with Crippen molar-refractivity contribution in [1.82, 2.24) is 10.2 Å². The summed E-state index contributed by atoms with van der Waals surface area (Å²) in [4.78, 5) is 52.9. The largest absolute Gasteiger partial charge is 0.478 e. The van der Waals surface area contributed by atoms with Gasteiger partial charge in [-0.3, -0.25) is 9.59 Å². The second kappa shape index (κ2) is 12.6. The summed E-state index contributed by atoms with van der Waals surface area (Å²) in [7, 11) is 0. The molecule has 3 fully saturated rings. The number of ether oxygens (including phenoxy) is 1. The van der Waals surface area contributed by atoms with Crippen LogP contribution in [0.4, 0.5) is 4.79 Å². The first-order valence-electron chi connectivity index (χ1n) is 14.8. The Morgan fingerprint density at radius 1 is 1.00 bits per heavy atom. The average Bonchev–Trinajstić information content (AvgIpc) is 3.32. The number of nitrogens with one attached hydrogen (secondary N) is 1. The zero-order chi connectivity index (χ0) is 29.0. The molecule has 0 radical (unpaired) electrons. The van der Waals surface area contributed by atoms with Gasteiger partial charge >= 0.3 is 12.1 Å². The molecule has 1 aliphatic heterocycles. The van der Waals surface area contributed by atoms with Gasteiger partial charge in [-0.2, -0.15) is 0 Å². The number of alkyl carbamates (subject to hydrolysis) is 1. The highest BCUT2D eigenvalue weighted by atomic mass is 16.6. The molecule has 1 saturated heterocycles. The van der Waals surface area contributed by atoms with Gasteiger partial charge in [0.1, 0.15) is 11.6 Å². The number of carbonyl (C=O) groups excluding carboxylic acids is 3. The van der Waals surface area contributed by atoms with Gasteiger partial charge in [0.25, 0.3) is 0 Å². The summed E-state index contributed by atoms with van der Waals surface area (Å²) in [6.45, 7) is 6.28. The van der Waals surface area contributed by atoms with Gasteiger partial charge in [0, 0.05) is 24.9 Å². The zero-order valence-corrected chi connectivity index (χ0v) is 24.1. The molecule has 4 rings (SSSR count). The maximum absolute atomic E-state index is 14.0. The fourth-order valence-corrected chi connectivity index (χ4v) is 7.26. The lowest BCUT2D eigenvalue weighted by Gasteiger charge is -2.36. The molecule has 4 N–H and O–H groups in total. The van der Waals surface area contributed by atoms with Crippen LogP contribution in [0.3, 0.4) is 0 Å². The van der Waals surface area contributed by atoms with Gasteiger partial charge in [-0.15, -0.1) is 0 Å². The zero-order valence-electron chi connectivity index (χ0n) is 24.1. The first-order valence-corrected chi connectivity index (χ1v) is 14.8. The van der Waals surface area contributed by atoms with Crippen LogP contribution in [-0.4, -0.2) is 58.6 Å². The van der Waals surface area contributed by atoms with Gasteiger partial charge in [0.05, 0.1) is 5.56 Å². The fourth-order valence-electron chi connectivity index (χ4n) is 7.26. The molecule has 3 amide bonds. The number of likely N-dealkylation sites (tertiary alicyclic amines) is 1. The van der Waals surface area contributed by atoms with Gasteiger partial charge < -0.3 is 25.8 Å². The lowest BCUT2D eigenvalue weighted by molar-refractivity contribution is -0.143. The third-order valence-electron chi connectivity index (χ3n) is 9.05. The average molecular weight is 556 g/mol. The molecule has 9 heteroatoms. The van der Waals surface area contributed by atoms with Crippen LogP contribution in [0.5, 0.6) is 0 Å². The smallest absolute Gasteiger partial charge is 0.407 e. The maximum atomic E-state index is 14.0. The predicted molar refractivity (Wildman–Crippen MR) is 151 cm³/mol. The number of benzene rings is 1. The summed E-state index contributed by atoms with van der Waals surface area (Å²) in [6.07, 6.45) is 7.68. The van der Waals surface area contributed by atoms with Gasteiger partial charge in [-0.05, 0) is 75.8 Å². The van der Waals surface area contributed by atoms with E-state index in [2.05, 4.69) is 5.32 Å². The molecular weight excluding hydrogens is 510 g/mol. The second-order valence-corrected chi connectivity index (χ2v) is 12.9. The van der Waals surface area contributed by atoms with E-state index >= 15 is 0 Å². The highest BCUT2D eigenvalue weighted by Gasteiger charge is 2.52. The predicted octanol–water partition coefficient (Wildman–Crippen LogP) is 4.69. The molecule has 1 aromatic rings. The van der Waals surface area contributed by atoms with E-state index in [1.165, 1.54) is 0 Å². The molecule has 2 saturated carbocycles. The first-order chi connectivity index (χ1) is 19.0. The minimum atomic E-state index is -1.00. The van der Waals surface area contributed by atoms with E-state index in [0.29, 0.717) is 31.5 Å². The van der Waals surface area contributed by atoms with Crippen molar-refractivity contribution in [2.24, 2.45) is 29.4 Å². The van der Waals surface area contributed by atoms with Crippen LogP contribution in [0.15, 0.2) is 24.3 Å². The number of hydrogen-bond donors (Lipinski definition) is 3. The Morgan fingerprint density at radius 2 is 1.65 bits per heavy atom. The molecular formula is C31H45N3O6. The van der Waals surface area contributed by atoms with Gasteiger partial charge in [-0.25, -0.2) is 9.59 Å². The van der Waals surface area contributed by atoms with Crippen molar-refractivity contribution in [3.63, 3.8) is 0 Å². The minimum absolute atomic E-state index is 0.0570. The molecule has 2 aliphatic carbocycles. The Bertz CT molecular complexity index is 1080. The monoisotopic (exact) mass is 555 g/mol. The molecule has 3 atom stereocenters. The van der Waals surface area contributed by atoms with E-state index in [1.54, 1.807) is 17.0 Å². The van der Waals surface area contributed by atoms with Crippen molar-refractivity contribution >= 4 is 23.9 Å². The Labute approximate surface area is 237 Å². The number of carboxylic acids is 1. The SMILES string of the molecule is CC(C)(C)OC(=O)NCC1CCC(C(=O)N2CC(c3ccccc3C(=O)O)[C@@H](C3CCCCC3)[C@H]2C(N)=O)CC1. The quantitative estimate of drug-likeness (QED) is 0.446. The van der Waals surface area contributed by atoms with E-state index in [9.17, 15) is 24.3 Å². The van der Waals surface area contributed by atoms with Crippen molar-refractivity contribution in [2.75, 3.05) is 13.1 Å². The van der Waals surface area contributed by atoms with Crippen molar-refractivity contribution in [3.05, 3.63) is 35.4 Å². The molecule has 0 bridgehead atoms. The van der Waals surface area contributed by atoms with E-state index in [4.69, 9.17) is 10.5 Å². The highest BCUT2D eigenvalue weighted by molar-refractivity contribution is 5.91. The van der Waals surface area contributed by atoms with Gasteiger partial charge in [0.15, 0.2) is 0 Å². The van der Waals surface area contributed by atoms with Crippen LogP contribution in [0.25, 0.3) is 0 Å². The Balaban J connectivity index is 1.50. The van der Waals surface area contributed by atoms with Crippen molar-refractivity contribution < 1.29 is 29.0 Å². The highest BCUT2D eigenvalue weighted by Crippen LogP contribution is 2.48.